The number of aryl methyl sites for hydroxylation is 1. The molecule has 0 aliphatic carbocycles. The normalized spacial score (nSPS) is 11.5. The third kappa shape index (κ3) is 5.73. The van der Waals surface area contributed by atoms with Crippen LogP contribution in [-0.2, 0) is 11.2 Å². The number of rotatable bonds is 6. The number of carbonyl (C=O) groups excluding carboxylic acids is 1. The minimum atomic E-state index is -0.00812. The van der Waals surface area contributed by atoms with Gasteiger partial charge < -0.3 is 16.4 Å². The molecule has 0 aliphatic heterocycles. The Labute approximate surface area is 120 Å². The smallest absolute Gasteiger partial charge is 0.222 e. The molecule has 0 bridgehead atoms. The first-order valence-corrected chi connectivity index (χ1v) is 6.96. The summed E-state index contributed by atoms with van der Waals surface area (Å²) in [5.41, 5.74) is 7.97. The molecular formula is C15H24N4O. The van der Waals surface area contributed by atoms with E-state index in [4.69, 9.17) is 5.73 Å². The maximum atomic E-state index is 11.3. The highest BCUT2D eigenvalue weighted by Crippen LogP contribution is 2.10. The average molecular weight is 276 g/mol. The Hall–Kier alpha value is -2.04. The number of amides is 1. The molecule has 0 saturated heterocycles. The number of guanidine groups is 1. The van der Waals surface area contributed by atoms with Crippen LogP contribution in [0.15, 0.2) is 29.3 Å². The predicted molar refractivity (Wildman–Crippen MR) is 83.8 cm³/mol. The van der Waals surface area contributed by atoms with Gasteiger partial charge >= 0.3 is 0 Å². The van der Waals surface area contributed by atoms with E-state index >= 15 is 0 Å². The molecule has 5 nitrogen and oxygen atoms in total. The molecule has 0 aromatic heterocycles. The molecule has 0 spiro atoms. The van der Waals surface area contributed by atoms with E-state index in [2.05, 4.69) is 28.6 Å². The summed E-state index contributed by atoms with van der Waals surface area (Å²) in [7, 11) is 0. The number of aliphatic imine (C=N–C) groups is 1. The van der Waals surface area contributed by atoms with Crippen LogP contribution in [0.4, 0.5) is 5.69 Å². The second kappa shape index (κ2) is 8.19. The second-order valence-corrected chi connectivity index (χ2v) is 4.89. The predicted octanol–water partition coefficient (Wildman–Crippen LogP) is 1.75. The highest BCUT2D eigenvalue weighted by molar-refractivity contribution is 5.92. The van der Waals surface area contributed by atoms with Crippen molar-refractivity contribution >= 4 is 17.6 Å². The molecule has 0 fully saturated rings. The van der Waals surface area contributed by atoms with E-state index in [0.29, 0.717) is 19.0 Å². The molecule has 0 unspecified atom stereocenters. The molecule has 1 aromatic rings. The van der Waals surface area contributed by atoms with Crippen LogP contribution in [0.3, 0.4) is 0 Å². The summed E-state index contributed by atoms with van der Waals surface area (Å²) < 4.78 is 0. The van der Waals surface area contributed by atoms with Gasteiger partial charge in [-0.2, -0.15) is 0 Å². The second-order valence-electron chi connectivity index (χ2n) is 4.89. The minimum absolute atomic E-state index is 0.00812. The number of carbonyl (C=O) groups is 1. The average Bonchev–Trinajstić information content (AvgIpc) is 2.43. The first-order chi connectivity index (χ1) is 9.52. The van der Waals surface area contributed by atoms with Crippen molar-refractivity contribution < 1.29 is 4.79 Å². The van der Waals surface area contributed by atoms with Crippen molar-refractivity contribution in [3.63, 3.8) is 0 Å². The first kappa shape index (κ1) is 16.0. The van der Waals surface area contributed by atoms with Gasteiger partial charge in [-0.15, -0.1) is 0 Å². The number of benzene rings is 1. The molecule has 20 heavy (non-hydrogen) atoms. The maximum absolute atomic E-state index is 11.3. The monoisotopic (exact) mass is 276 g/mol. The summed E-state index contributed by atoms with van der Waals surface area (Å²) >= 11 is 0. The van der Waals surface area contributed by atoms with E-state index in [1.165, 1.54) is 5.56 Å². The van der Waals surface area contributed by atoms with Crippen molar-refractivity contribution in [3.05, 3.63) is 29.8 Å². The summed E-state index contributed by atoms with van der Waals surface area (Å²) in [4.78, 5) is 15.5. The third-order valence-electron chi connectivity index (χ3n) is 2.83. The molecule has 0 heterocycles. The highest BCUT2D eigenvalue weighted by atomic mass is 16.1. The third-order valence-corrected chi connectivity index (χ3v) is 2.83. The van der Waals surface area contributed by atoms with Gasteiger partial charge in [0.1, 0.15) is 0 Å². The highest BCUT2D eigenvalue weighted by Gasteiger charge is 2.04. The number of hydrogen-bond acceptors (Lipinski definition) is 2. The van der Waals surface area contributed by atoms with E-state index in [1.807, 2.05) is 32.0 Å². The van der Waals surface area contributed by atoms with Gasteiger partial charge in [0.2, 0.25) is 5.91 Å². The lowest BCUT2D eigenvalue weighted by molar-refractivity contribution is -0.123. The number of nitrogens with zero attached hydrogens (tertiary/aromatic N) is 1. The van der Waals surface area contributed by atoms with Crippen molar-refractivity contribution in [2.24, 2.45) is 16.6 Å². The fourth-order valence-corrected chi connectivity index (χ4v) is 1.62. The minimum Gasteiger partial charge on any atom is -0.370 e. The van der Waals surface area contributed by atoms with Gasteiger partial charge in [-0.3, -0.25) is 9.79 Å². The molecule has 1 amide bonds. The Bertz CT molecular complexity index is 469. The zero-order valence-electron chi connectivity index (χ0n) is 12.4. The van der Waals surface area contributed by atoms with Gasteiger partial charge in [-0.05, 0) is 24.1 Å². The fourth-order valence-electron chi connectivity index (χ4n) is 1.62. The first-order valence-electron chi connectivity index (χ1n) is 6.96. The van der Waals surface area contributed by atoms with Crippen molar-refractivity contribution in [3.8, 4) is 0 Å². The van der Waals surface area contributed by atoms with Crippen molar-refractivity contribution in [1.29, 1.82) is 0 Å². The van der Waals surface area contributed by atoms with Crippen LogP contribution in [0.5, 0.6) is 0 Å². The van der Waals surface area contributed by atoms with E-state index in [-0.39, 0.29) is 11.8 Å². The van der Waals surface area contributed by atoms with Crippen LogP contribution in [0.1, 0.15) is 26.3 Å². The molecule has 0 radical (unpaired) electrons. The van der Waals surface area contributed by atoms with Gasteiger partial charge in [0, 0.05) is 18.2 Å². The zero-order chi connectivity index (χ0) is 15.0. The number of hydrogen-bond donors (Lipinski definition) is 3. The molecule has 1 aromatic carbocycles. The van der Waals surface area contributed by atoms with Crippen LogP contribution in [-0.4, -0.2) is 25.0 Å². The van der Waals surface area contributed by atoms with Gasteiger partial charge in [-0.1, -0.05) is 32.9 Å². The number of nitrogens with two attached hydrogens (primary N) is 1. The quantitative estimate of drug-likeness (QED) is 0.421. The van der Waals surface area contributed by atoms with E-state index in [1.54, 1.807) is 0 Å². The summed E-state index contributed by atoms with van der Waals surface area (Å²) in [5, 5.41) is 5.83. The topological polar surface area (TPSA) is 79.5 Å². The fraction of sp³-hybridized carbons (Fsp3) is 0.467. The van der Waals surface area contributed by atoms with Crippen LogP contribution < -0.4 is 16.4 Å². The summed E-state index contributed by atoms with van der Waals surface area (Å²) in [6.07, 6.45) is 0.980. The summed E-state index contributed by atoms with van der Waals surface area (Å²) in [5.74, 6) is 0.380. The molecule has 0 aliphatic rings. The Kier molecular flexibility index (Phi) is 6.56. The molecule has 0 atom stereocenters. The van der Waals surface area contributed by atoms with Crippen molar-refractivity contribution in [2.75, 3.05) is 18.4 Å². The van der Waals surface area contributed by atoms with Gasteiger partial charge in [0.05, 0.1) is 6.54 Å². The van der Waals surface area contributed by atoms with Gasteiger partial charge in [-0.25, -0.2) is 0 Å². The molecule has 4 N–H and O–H groups in total. The summed E-state index contributed by atoms with van der Waals surface area (Å²) in [6, 6.07) is 8.04. The molecular weight excluding hydrogens is 252 g/mol. The molecule has 5 heteroatoms. The van der Waals surface area contributed by atoms with Crippen LogP contribution >= 0.6 is 0 Å². The largest absolute Gasteiger partial charge is 0.370 e. The van der Waals surface area contributed by atoms with Crippen molar-refractivity contribution in [1.82, 2.24) is 5.32 Å². The Morgan fingerprint density at radius 3 is 2.80 bits per heavy atom. The van der Waals surface area contributed by atoms with Crippen LogP contribution in [0.25, 0.3) is 0 Å². The summed E-state index contributed by atoms with van der Waals surface area (Å²) in [6.45, 7) is 6.78. The van der Waals surface area contributed by atoms with E-state index in [0.717, 1.165) is 12.1 Å². The molecule has 1 rings (SSSR count). The molecule has 0 saturated carbocycles. The Balaban J connectivity index is 2.39. The molecule has 110 valence electrons. The SMILES string of the molecule is CCc1cccc(NC(N)=NCCNC(=O)C(C)C)c1. The lowest BCUT2D eigenvalue weighted by atomic mass is 10.1. The Morgan fingerprint density at radius 2 is 2.15 bits per heavy atom. The van der Waals surface area contributed by atoms with Gasteiger partial charge in [0.25, 0.3) is 0 Å². The lowest BCUT2D eigenvalue weighted by Gasteiger charge is -2.08. The van der Waals surface area contributed by atoms with Crippen LogP contribution in [0.2, 0.25) is 0 Å². The standard InChI is InChI=1S/C15H24N4O/c1-4-12-6-5-7-13(10-12)19-15(16)18-9-8-17-14(20)11(2)3/h5-7,10-11H,4,8-9H2,1-3H3,(H,17,20)(H3,16,18,19). The Morgan fingerprint density at radius 1 is 1.40 bits per heavy atom. The van der Waals surface area contributed by atoms with E-state index < -0.39 is 0 Å². The maximum Gasteiger partial charge on any atom is 0.222 e. The number of anilines is 1. The zero-order valence-corrected chi connectivity index (χ0v) is 12.4. The number of nitrogens with one attached hydrogen (secondary N) is 2. The van der Waals surface area contributed by atoms with Crippen molar-refractivity contribution in [2.45, 2.75) is 27.2 Å². The van der Waals surface area contributed by atoms with Gasteiger partial charge in [0.15, 0.2) is 5.96 Å². The van der Waals surface area contributed by atoms with Crippen LogP contribution in [0, 0.1) is 5.92 Å². The lowest BCUT2D eigenvalue weighted by Crippen LogP contribution is -2.31. The van der Waals surface area contributed by atoms with E-state index in [9.17, 15) is 4.79 Å².